The third kappa shape index (κ3) is 3.25. The highest BCUT2D eigenvalue weighted by Gasteiger charge is 2.47. The summed E-state index contributed by atoms with van der Waals surface area (Å²) in [5.41, 5.74) is 1.94. The maximum Gasteiger partial charge on any atom is 0.375 e. The Labute approximate surface area is 170 Å². The van der Waals surface area contributed by atoms with Crippen molar-refractivity contribution in [3.8, 4) is 0 Å². The Morgan fingerprint density at radius 2 is 2.17 bits per heavy atom. The first-order valence-corrected chi connectivity index (χ1v) is 10.3. The molecule has 5 heterocycles. The number of aromatic nitrogens is 1. The summed E-state index contributed by atoms with van der Waals surface area (Å²) in [6.07, 6.45) is 7.30. The normalized spacial score (nSPS) is 26.9. The molecule has 148 valence electrons. The number of pyridine rings is 1. The molecule has 1 N–H and O–H groups in total. The van der Waals surface area contributed by atoms with Gasteiger partial charge in [0.25, 0.3) is 0 Å². The number of esters is 1. The lowest BCUT2D eigenvalue weighted by atomic mass is 9.73. The zero-order valence-corrected chi connectivity index (χ0v) is 16.3. The third-order valence-corrected chi connectivity index (χ3v) is 6.63. The molecule has 29 heavy (non-hydrogen) atoms. The number of ether oxygens (including phenoxy) is 1. The maximum absolute atomic E-state index is 12.8. The Balaban J connectivity index is 1.55. The van der Waals surface area contributed by atoms with E-state index in [0.29, 0.717) is 11.8 Å². The van der Waals surface area contributed by atoms with Crippen molar-refractivity contribution < 1.29 is 18.8 Å². The first-order valence-electron chi connectivity index (χ1n) is 10.3. The third-order valence-electron chi connectivity index (χ3n) is 6.63. The second-order valence-electron chi connectivity index (χ2n) is 8.12. The number of furan rings is 1. The summed E-state index contributed by atoms with van der Waals surface area (Å²) < 4.78 is 11.4. The van der Waals surface area contributed by atoms with Crippen molar-refractivity contribution in [1.82, 2.24) is 4.98 Å². The van der Waals surface area contributed by atoms with Crippen molar-refractivity contribution >= 4 is 16.9 Å². The predicted molar refractivity (Wildman–Crippen MR) is 110 cm³/mol. The van der Waals surface area contributed by atoms with E-state index in [9.17, 15) is 4.79 Å². The van der Waals surface area contributed by atoms with Gasteiger partial charge in [0.05, 0.1) is 24.9 Å². The molecule has 5 nitrogen and oxygen atoms in total. The van der Waals surface area contributed by atoms with Gasteiger partial charge in [-0.15, -0.1) is 6.58 Å². The Morgan fingerprint density at radius 1 is 1.28 bits per heavy atom. The number of hydrogen-bond acceptors (Lipinski definition) is 4. The van der Waals surface area contributed by atoms with E-state index < -0.39 is 5.97 Å². The minimum atomic E-state index is -0.414. The topological polar surface area (TPSA) is 56.8 Å². The summed E-state index contributed by atoms with van der Waals surface area (Å²) in [5, 5.41) is 1.04. The molecule has 0 spiro atoms. The number of benzene rings is 1. The van der Waals surface area contributed by atoms with Gasteiger partial charge in [-0.1, -0.05) is 24.3 Å². The number of hydrogen-bond donors (Lipinski definition) is 1. The molecule has 2 bridgehead atoms. The van der Waals surface area contributed by atoms with Crippen molar-refractivity contribution in [3.63, 3.8) is 0 Å². The van der Waals surface area contributed by atoms with Crippen molar-refractivity contribution in [2.75, 3.05) is 13.1 Å². The van der Waals surface area contributed by atoms with Crippen LogP contribution in [0.3, 0.4) is 0 Å². The number of nitrogens with zero attached hydrogens (tertiary/aromatic N) is 1. The van der Waals surface area contributed by atoms with Crippen LogP contribution in [0.1, 0.15) is 35.1 Å². The minimum absolute atomic E-state index is 0.217. The predicted octanol–water partition coefficient (Wildman–Crippen LogP) is 3.21. The lowest BCUT2D eigenvalue weighted by Gasteiger charge is -2.48. The van der Waals surface area contributed by atoms with Gasteiger partial charge in [0.1, 0.15) is 6.04 Å². The van der Waals surface area contributed by atoms with Gasteiger partial charge in [-0.2, -0.15) is 0 Å². The Kier molecular flexibility index (Phi) is 4.68. The van der Waals surface area contributed by atoms with Gasteiger partial charge in [-0.05, 0) is 30.2 Å². The van der Waals surface area contributed by atoms with Gasteiger partial charge < -0.3 is 14.1 Å². The quantitative estimate of drug-likeness (QED) is 0.538. The molecule has 5 heteroatoms. The van der Waals surface area contributed by atoms with E-state index in [1.165, 1.54) is 17.6 Å². The fourth-order valence-corrected chi connectivity index (χ4v) is 5.19. The molecule has 1 unspecified atom stereocenters. The molecule has 0 saturated carbocycles. The van der Waals surface area contributed by atoms with E-state index in [-0.39, 0.29) is 17.9 Å². The number of piperidine rings is 3. The molecule has 1 aromatic carbocycles. The van der Waals surface area contributed by atoms with Crippen molar-refractivity contribution in [1.29, 1.82) is 0 Å². The standard InChI is InChI=1S/C24H24N2O3/c1-2-16-15-26-12-10-17(16)14-21(26)23(29-24(27)22-8-5-13-28-22)19-9-11-25-20-7-4-3-6-18(19)20/h2-9,11,13,16-17,21,23H,1,10,12,14-15H2/p+1/t16-,17-,21+,23-/m0/s1. The number of fused-ring (bicyclic) bond motifs is 4. The monoisotopic (exact) mass is 389 g/mol. The molecule has 6 rings (SSSR count). The van der Waals surface area contributed by atoms with Crippen LogP contribution in [0.15, 0.2) is 72.0 Å². The first-order chi connectivity index (χ1) is 14.2. The zero-order chi connectivity index (χ0) is 19.8. The van der Waals surface area contributed by atoms with Gasteiger partial charge >= 0.3 is 5.97 Å². The van der Waals surface area contributed by atoms with Crippen LogP contribution in [0.25, 0.3) is 10.9 Å². The van der Waals surface area contributed by atoms with E-state index in [2.05, 4.69) is 23.7 Å². The summed E-state index contributed by atoms with van der Waals surface area (Å²) in [5.74, 6) is 0.977. The highest BCUT2D eigenvalue weighted by Crippen LogP contribution is 2.36. The fourth-order valence-electron chi connectivity index (χ4n) is 5.19. The van der Waals surface area contributed by atoms with E-state index in [1.807, 2.05) is 30.5 Å². The fraction of sp³-hybridized carbons (Fsp3) is 0.333. The summed E-state index contributed by atoms with van der Waals surface area (Å²) in [6.45, 7) is 6.20. The number of para-hydroxylation sites is 1. The van der Waals surface area contributed by atoms with Gasteiger partial charge in [0.2, 0.25) is 5.76 Å². The molecule has 3 aromatic rings. The molecule has 3 fully saturated rings. The van der Waals surface area contributed by atoms with E-state index >= 15 is 0 Å². The van der Waals surface area contributed by atoms with Crippen LogP contribution in [0.4, 0.5) is 0 Å². The largest absolute Gasteiger partial charge is 0.457 e. The maximum atomic E-state index is 12.8. The number of carbonyl (C=O) groups is 1. The number of quaternary nitrogens is 1. The van der Waals surface area contributed by atoms with Crippen molar-refractivity contribution in [2.45, 2.75) is 25.0 Å². The zero-order valence-electron chi connectivity index (χ0n) is 16.3. The molecule has 0 radical (unpaired) electrons. The summed E-state index contributed by atoms with van der Waals surface area (Å²) in [6, 6.07) is 13.6. The molecule has 0 aliphatic carbocycles. The average molecular weight is 389 g/mol. The van der Waals surface area contributed by atoms with Gasteiger partial charge in [-0.3, -0.25) is 4.98 Å². The summed E-state index contributed by atoms with van der Waals surface area (Å²) in [4.78, 5) is 18.8. The molecule has 0 amide bonds. The number of rotatable bonds is 5. The average Bonchev–Trinajstić information content (AvgIpc) is 3.32. The van der Waals surface area contributed by atoms with Gasteiger partial charge in [-0.25, -0.2) is 4.79 Å². The molecular weight excluding hydrogens is 364 g/mol. The van der Waals surface area contributed by atoms with Crippen LogP contribution < -0.4 is 4.90 Å². The van der Waals surface area contributed by atoms with Crippen molar-refractivity contribution in [3.05, 3.63) is 78.9 Å². The molecule has 2 aromatic heterocycles. The van der Waals surface area contributed by atoms with E-state index in [4.69, 9.17) is 9.15 Å². The SMILES string of the molecule is C=C[C@H]1C[NH+]2CC[C@H]1C[C@@H]2[C@@H](OC(=O)c1ccco1)c1ccnc2ccccc12. The molecular formula is C24H25N2O3+. The Morgan fingerprint density at radius 3 is 2.93 bits per heavy atom. The first kappa shape index (κ1) is 18.1. The molecule has 3 aliphatic heterocycles. The van der Waals surface area contributed by atoms with Crippen LogP contribution in [-0.4, -0.2) is 30.1 Å². The highest BCUT2D eigenvalue weighted by molar-refractivity contribution is 5.87. The summed E-state index contributed by atoms with van der Waals surface area (Å²) >= 11 is 0. The van der Waals surface area contributed by atoms with Crippen LogP contribution in [0.2, 0.25) is 0 Å². The second-order valence-corrected chi connectivity index (χ2v) is 8.12. The van der Waals surface area contributed by atoms with Crippen molar-refractivity contribution in [2.24, 2.45) is 11.8 Å². The van der Waals surface area contributed by atoms with Gasteiger partial charge in [0.15, 0.2) is 6.10 Å². The Hall–Kier alpha value is -2.92. The lowest BCUT2D eigenvalue weighted by Crippen LogP contribution is -3.20. The smallest absolute Gasteiger partial charge is 0.375 e. The second kappa shape index (κ2) is 7.48. The highest BCUT2D eigenvalue weighted by atomic mass is 16.6. The van der Waals surface area contributed by atoms with E-state index in [0.717, 1.165) is 36.0 Å². The Bertz CT molecular complexity index is 1020. The molecule has 5 atom stereocenters. The lowest BCUT2D eigenvalue weighted by molar-refractivity contribution is -0.949. The van der Waals surface area contributed by atoms with Crippen LogP contribution in [-0.2, 0) is 4.74 Å². The summed E-state index contributed by atoms with van der Waals surface area (Å²) in [7, 11) is 0. The minimum Gasteiger partial charge on any atom is -0.457 e. The van der Waals surface area contributed by atoms with Crippen LogP contribution >= 0.6 is 0 Å². The molecule has 3 aliphatic rings. The number of carbonyl (C=O) groups excluding carboxylic acids is 1. The number of nitrogens with one attached hydrogen (secondary N) is 1. The molecule has 3 saturated heterocycles. The van der Waals surface area contributed by atoms with Crippen LogP contribution in [0, 0.1) is 11.8 Å². The van der Waals surface area contributed by atoms with Crippen LogP contribution in [0.5, 0.6) is 0 Å². The van der Waals surface area contributed by atoms with E-state index in [1.54, 1.807) is 12.1 Å². The van der Waals surface area contributed by atoms with Gasteiger partial charge in [0, 0.05) is 35.9 Å².